The monoisotopic (exact) mass is 445 g/mol. The van der Waals surface area contributed by atoms with Gasteiger partial charge in [-0.2, -0.15) is 0 Å². The fourth-order valence-corrected chi connectivity index (χ4v) is 4.76. The van der Waals surface area contributed by atoms with Gasteiger partial charge in [0.05, 0.1) is 24.5 Å². The predicted molar refractivity (Wildman–Crippen MR) is 120 cm³/mol. The molecule has 2 aliphatic carbocycles. The van der Waals surface area contributed by atoms with Crippen LogP contribution in [0.25, 0.3) is 0 Å². The predicted octanol–water partition coefficient (Wildman–Crippen LogP) is 3.33. The Morgan fingerprint density at radius 2 is 1.90 bits per heavy atom. The van der Waals surface area contributed by atoms with Gasteiger partial charge in [-0.1, -0.05) is 45.9 Å². The first kappa shape index (κ1) is 28.4. The minimum atomic E-state index is -1.07. The number of aliphatic carboxylic acids is 1. The molecule has 8 unspecified atom stereocenters. The number of carboxylic acids is 1. The number of ether oxygens (including phenoxy) is 1. The van der Waals surface area contributed by atoms with E-state index in [2.05, 4.69) is 32.1 Å². The number of hydrogen-bond donors (Lipinski definition) is 3. The van der Waals surface area contributed by atoms with Gasteiger partial charge in [-0.3, -0.25) is 9.59 Å². The van der Waals surface area contributed by atoms with Crippen LogP contribution < -0.4 is 0 Å². The van der Waals surface area contributed by atoms with E-state index in [-0.39, 0.29) is 78.1 Å². The van der Waals surface area contributed by atoms with Gasteiger partial charge in [0.15, 0.2) is 0 Å². The quantitative estimate of drug-likeness (QED) is 0.352. The van der Waals surface area contributed by atoms with Gasteiger partial charge in [0.25, 0.3) is 0 Å². The van der Waals surface area contributed by atoms with E-state index in [9.17, 15) is 19.8 Å². The first-order chi connectivity index (χ1) is 14.1. The van der Waals surface area contributed by atoms with E-state index in [0.29, 0.717) is 12.3 Å². The van der Waals surface area contributed by atoms with Gasteiger partial charge in [0.2, 0.25) is 0 Å². The molecule has 0 aromatic carbocycles. The van der Waals surface area contributed by atoms with Crippen molar-refractivity contribution in [3.63, 3.8) is 0 Å². The van der Waals surface area contributed by atoms with Gasteiger partial charge in [-0.25, -0.2) is 0 Å². The molecule has 0 heterocycles. The fraction of sp³-hybridized carbons (Fsp3) is 0.750. The van der Waals surface area contributed by atoms with Crippen molar-refractivity contribution in [3.8, 4) is 0 Å². The second-order valence-electron chi connectivity index (χ2n) is 9.29. The van der Waals surface area contributed by atoms with Crippen molar-refractivity contribution in [1.29, 1.82) is 0 Å². The molecule has 0 aliphatic heterocycles. The van der Waals surface area contributed by atoms with E-state index >= 15 is 0 Å². The van der Waals surface area contributed by atoms with Crippen molar-refractivity contribution >= 4 is 41.5 Å². The number of carbonyl (C=O) groups excluding carboxylic acids is 1. The molecule has 2 aliphatic rings. The van der Waals surface area contributed by atoms with Crippen LogP contribution in [0.1, 0.15) is 66.2 Å². The summed E-state index contributed by atoms with van der Waals surface area (Å²) in [7, 11) is 0. The minimum absolute atomic E-state index is 0. The molecular weight excluding hydrogens is 407 g/mol. The summed E-state index contributed by atoms with van der Waals surface area (Å²) < 4.78 is 6.00. The maximum absolute atomic E-state index is 12.5. The first-order valence-electron chi connectivity index (χ1n) is 11.3. The van der Waals surface area contributed by atoms with Crippen molar-refractivity contribution in [3.05, 3.63) is 23.8 Å². The van der Waals surface area contributed by atoms with Gasteiger partial charge in [0.1, 0.15) is 6.10 Å². The summed E-state index contributed by atoms with van der Waals surface area (Å²) in [6.45, 7) is 8.16. The zero-order valence-electron chi connectivity index (χ0n) is 19.7. The maximum Gasteiger partial charge on any atom is 0.308 e. The Morgan fingerprint density at radius 3 is 2.52 bits per heavy atom. The molecule has 171 valence electrons. The van der Waals surface area contributed by atoms with Crippen molar-refractivity contribution in [2.45, 2.75) is 84.5 Å². The molecule has 0 fully saturated rings. The SMILES string of the molecule is CCC(C)C(=O)OC1CC(C)C=C2C=CC(C)C(CCC(O)CC(O)CC(=O)O)C21.[Na]. The zero-order chi connectivity index (χ0) is 22.4. The number of carbonyl (C=O) groups is 2. The molecule has 7 heteroatoms. The summed E-state index contributed by atoms with van der Waals surface area (Å²) in [6.07, 6.45) is 7.07. The van der Waals surface area contributed by atoms with Crippen molar-refractivity contribution in [2.24, 2.45) is 29.6 Å². The van der Waals surface area contributed by atoms with E-state index in [0.717, 1.165) is 19.3 Å². The second-order valence-corrected chi connectivity index (χ2v) is 9.29. The number of aliphatic hydroxyl groups excluding tert-OH is 2. The van der Waals surface area contributed by atoms with E-state index in [1.807, 2.05) is 13.8 Å². The second kappa shape index (κ2) is 13.1. The van der Waals surface area contributed by atoms with E-state index in [4.69, 9.17) is 9.84 Å². The zero-order valence-corrected chi connectivity index (χ0v) is 21.7. The fourth-order valence-electron chi connectivity index (χ4n) is 4.76. The van der Waals surface area contributed by atoms with E-state index in [1.54, 1.807) is 0 Å². The topological polar surface area (TPSA) is 104 Å². The third-order valence-corrected chi connectivity index (χ3v) is 6.67. The molecular formula is C24H38NaO6. The van der Waals surface area contributed by atoms with Crippen LogP contribution in [0, 0.1) is 29.6 Å². The standard InChI is InChI=1S/C24H38O6.Na/c1-5-15(3)24(29)30-21-11-14(2)10-17-7-6-16(4)20(23(17)21)9-8-18(25)12-19(26)13-22(27)28;/h6-7,10,14-16,18-21,23,25-26H,5,8-9,11-13H2,1-4H3,(H,27,28);. The third-order valence-electron chi connectivity index (χ3n) is 6.67. The summed E-state index contributed by atoms with van der Waals surface area (Å²) in [4.78, 5) is 23.2. The summed E-state index contributed by atoms with van der Waals surface area (Å²) in [6, 6.07) is 0. The summed E-state index contributed by atoms with van der Waals surface area (Å²) in [5.74, 6) is -0.406. The van der Waals surface area contributed by atoms with Gasteiger partial charge in [-0.15, -0.1) is 0 Å². The Hall–Kier alpha value is -0.660. The van der Waals surface area contributed by atoms with Gasteiger partial charge in [0, 0.05) is 35.5 Å². The number of carboxylic acid groups (broad SMARTS) is 1. The van der Waals surface area contributed by atoms with Crippen LogP contribution in [0.2, 0.25) is 0 Å². The molecule has 6 nitrogen and oxygen atoms in total. The average Bonchev–Trinajstić information content (AvgIpc) is 2.65. The Balaban J connectivity index is 0.00000480. The van der Waals surface area contributed by atoms with Crippen LogP contribution in [0.4, 0.5) is 0 Å². The number of esters is 1. The Morgan fingerprint density at radius 1 is 1.23 bits per heavy atom. The Kier molecular flexibility index (Phi) is 12.0. The maximum atomic E-state index is 12.5. The van der Waals surface area contributed by atoms with Gasteiger partial charge >= 0.3 is 11.9 Å². The molecule has 1 radical (unpaired) electrons. The largest absolute Gasteiger partial charge is 0.481 e. The van der Waals surface area contributed by atoms with Crippen LogP contribution in [0.5, 0.6) is 0 Å². The van der Waals surface area contributed by atoms with Crippen LogP contribution in [0.15, 0.2) is 23.8 Å². The summed E-state index contributed by atoms with van der Waals surface area (Å²) >= 11 is 0. The number of rotatable bonds is 10. The summed E-state index contributed by atoms with van der Waals surface area (Å²) in [5, 5.41) is 28.9. The van der Waals surface area contributed by atoms with Crippen molar-refractivity contribution in [1.82, 2.24) is 0 Å². The number of allylic oxidation sites excluding steroid dienone is 3. The molecule has 3 N–H and O–H groups in total. The normalized spacial score (nSPS) is 30.3. The molecule has 0 saturated carbocycles. The van der Waals surface area contributed by atoms with E-state index < -0.39 is 18.2 Å². The van der Waals surface area contributed by atoms with Crippen LogP contribution in [0.3, 0.4) is 0 Å². The molecule has 8 atom stereocenters. The third kappa shape index (κ3) is 8.32. The van der Waals surface area contributed by atoms with Crippen LogP contribution >= 0.6 is 0 Å². The van der Waals surface area contributed by atoms with Crippen LogP contribution in [-0.2, 0) is 14.3 Å². The molecule has 2 rings (SSSR count). The average molecular weight is 446 g/mol. The van der Waals surface area contributed by atoms with Crippen molar-refractivity contribution < 1.29 is 29.6 Å². The summed E-state index contributed by atoms with van der Waals surface area (Å²) in [5.41, 5.74) is 1.21. The number of hydrogen-bond acceptors (Lipinski definition) is 5. The first-order valence-corrected chi connectivity index (χ1v) is 11.3. The Labute approximate surface area is 208 Å². The van der Waals surface area contributed by atoms with E-state index in [1.165, 1.54) is 5.57 Å². The molecule has 31 heavy (non-hydrogen) atoms. The smallest absolute Gasteiger partial charge is 0.308 e. The number of aliphatic hydroxyl groups is 2. The molecule has 0 aromatic heterocycles. The molecule has 0 saturated heterocycles. The minimum Gasteiger partial charge on any atom is -0.481 e. The number of fused-ring (bicyclic) bond motifs is 1. The van der Waals surface area contributed by atoms with Crippen molar-refractivity contribution in [2.75, 3.05) is 0 Å². The molecule has 0 bridgehead atoms. The van der Waals surface area contributed by atoms with Gasteiger partial charge < -0.3 is 20.1 Å². The Bertz CT molecular complexity index is 660. The molecule has 0 aromatic rings. The van der Waals surface area contributed by atoms with Crippen LogP contribution in [-0.4, -0.2) is 75.1 Å². The molecule has 0 amide bonds. The molecule has 0 spiro atoms. The van der Waals surface area contributed by atoms with Gasteiger partial charge in [-0.05, 0) is 55.4 Å².